The lowest BCUT2D eigenvalue weighted by atomic mass is 10.00. The molecular formula is C14H13BrClF2NO. The highest BCUT2D eigenvalue weighted by Crippen LogP contribution is 2.32. The number of aryl methyl sites for hydroxylation is 1. The van der Waals surface area contributed by atoms with E-state index < -0.39 is 17.8 Å². The summed E-state index contributed by atoms with van der Waals surface area (Å²) in [5, 5.41) is 0.577. The number of benzene rings is 1. The zero-order valence-corrected chi connectivity index (χ0v) is 13.1. The molecule has 0 N–H and O–H groups in total. The van der Waals surface area contributed by atoms with Gasteiger partial charge >= 0.3 is 0 Å². The Labute approximate surface area is 129 Å². The van der Waals surface area contributed by atoms with Crippen molar-refractivity contribution in [2.75, 3.05) is 6.54 Å². The molecule has 1 amide bonds. The highest BCUT2D eigenvalue weighted by Gasteiger charge is 2.31. The molecule has 0 saturated heterocycles. The fraction of sp³-hybridized carbons (Fsp3) is 0.357. The number of hydrogen-bond acceptors (Lipinski definition) is 1. The lowest BCUT2D eigenvalue weighted by Crippen LogP contribution is -2.41. The van der Waals surface area contributed by atoms with Crippen molar-refractivity contribution >= 4 is 39.1 Å². The van der Waals surface area contributed by atoms with Gasteiger partial charge in [0.25, 0.3) is 6.43 Å². The van der Waals surface area contributed by atoms with Gasteiger partial charge in [-0.05, 0) is 31.0 Å². The highest BCUT2D eigenvalue weighted by molar-refractivity contribution is 9.10. The van der Waals surface area contributed by atoms with Gasteiger partial charge in [-0.15, -0.1) is 0 Å². The average Bonchev–Trinajstić information content (AvgIpc) is 2.36. The first-order valence-corrected chi connectivity index (χ1v) is 7.39. The Morgan fingerprint density at radius 2 is 2.20 bits per heavy atom. The summed E-state index contributed by atoms with van der Waals surface area (Å²) in [6, 6.07) is 5.20. The number of nitrogens with zero attached hydrogens (tertiary/aromatic N) is 1. The number of halogens is 4. The molecule has 1 aliphatic heterocycles. The molecule has 1 aromatic carbocycles. The molecule has 1 aromatic rings. The van der Waals surface area contributed by atoms with E-state index in [1.54, 1.807) is 24.3 Å². The van der Waals surface area contributed by atoms with E-state index >= 15 is 0 Å². The summed E-state index contributed by atoms with van der Waals surface area (Å²) in [4.78, 5) is 12.8. The van der Waals surface area contributed by atoms with Gasteiger partial charge in [-0.2, -0.15) is 0 Å². The molecule has 0 bridgehead atoms. The minimum absolute atomic E-state index is 0.336. The van der Waals surface area contributed by atoms with Gasteiger partial charge in [0.2, 0.25) is 5.91 Å². The minimum Gasteiger partial charge on any atom is -0.305 e. The fourth-order valence-corrected chi connectivity index (χ4v) is 2.87. The second-order valence-electron chi connectivity index (χ2n) is 4.59. The van der Waals surface area contributed by atoms with Crippen molar-refractivity contribution in [3.63, 3.8) is 0 Å². The SMILES string of the molecule is Cc1cc(Cl)ccc1C1=CCC(Br)C(=O)N1CC(F)F. The van der Waals surface area contributed by atoms with E-state index in [1.807, 2.05) is 6.92 Å². The Morgan fingerprint density at radius 3 is 2.80 bits per heavy atom. The molecule has 0 spiro atoms. The molecule has 2 rings (SSSR count). The summed E-state index contributed by atoms with van der Waals surface area (Å²) in [7, 11) is 0. The van der Waals surface area contributed by atoms with E-state index in [9.17, 15) is 13.6 Å². The summed E-state index contributed by atoms with van der Waals surface area (Å²) in [5.41, 5.74) is 2.13. The number of rotatable bonds is 3. The van der Waals surface area contributed by atoms with Crippen LogP contribution >= 0.6 is 27.5 Å². The molecule has 1 aliphatic rings. The molecule has 1 atom stereocenters. The largest absolute Gasteiger partial charge is 0.305 e. The zero-order chi connectivity index (χ0) is 14.9. The first kappa shape index (κ1) is 15.4. The number of allylic oxidation sites excluding steroid dienone is 1. The van der Waals surface area contributed by atoms with Crippen LogP contribution in [0.4, 0.5) is 8.78 Å². The number of alkyl halides is 3. The van der Waals surface area contributed by atoms with Gasteiger partial charge in [0.15, 0.2) is 0 Å². The molecule has 1 heterocycles. The van der Waals surface area contributed by atoms with Crippen molar-refractivity contribution in [2.24, 2.45) is 0 Å². The molecule has 0 radical (unpaired) electrons. The predicted octanol–water partition coefficient (Wildman–Crippen LogP) is 4.25. The highest BCUT2D eigenvalue weighted by atomic mass is 79.9. The maximum atomic E-state index is 12.7. The van der Waals surface area contributed by atoms with Crippen LogP contribution < -0.4 is 0 Å². The third-order valence-corrected chi connectivity index (χ3v) is 4.13. The molecule has 0 saturated carbocycles. The second-order valence-corrected chi connectivity index (χ2v) is 6.13. The first-order valence-electron chi connectivity index (χ1n) is 6.10. The topological polar surface area (TPSA) is 20.3 Å². The van der Waals surface area contributed by atoms with Crippen LogP contribution in [0.25, 0.3) is 5.70 Å². The Bertz CT molecular complexity index is 562. The summed E-state index contributed by atoms with van der Waals surface area (Å²) in [6.07, 6.45) is -0.289. The van der Waals surface area contributed by atoms with E-state index in [-0.39, 0.29) is 5.91 Å². The summed E-state index contributed by atoms with van der Waals surface area (Å²) < 4.78 is 25.4. The molecule has 0 aliphatic carbocycles. The second kappa shape index (κ2) is 6.22. The van der Waals surface area contributed by atoms with E-state index in [1.165, 1.54) is 0 Å². The van der Waals surface area contributed by atoms with Crippen LogP contribution in [0.3, 0.4) is 0 Å². The van der Waals surface area contributed by atoms with Gasteiger partial charge in [0.1, 0.15) is 0 Å². The van der Waals surface area contributed by atoms with Gasteiger partial charge in [0.05, 0.1) is 11.4 Å². The molecule has 2 nitrogen and oxygen atoms in total. The Hall–Kier alpha value is -0.940. The normalized spacial score (nSPS) is 19.5. The van der Waals surface area contributed by atoms with Crippen LogP contribution in [0.2, 0.25) is 5.02 Å². The van der Waals surface area contributed by atoms with Gasteiger partial charge in [-0.1, -0.05) is 39.7 Å². The maximum absolute atomic E-state index is 12.7. The third-order valence-electron chi connectivity index (χ3n) is 3.13. The molecular weight excluding hydrogens is 352 g/mol. The van der Waals surface area contributed by atoms with Gasteiger partial charge in [-0.3, -0.25) is 4.79 Å². The standard InChI is InChI=1S/C14H13BrClF2NO/c1-8-6-9(16)2-3-10(8)12-5-4-11(15)14(20)19(12)7-13(17)18/h2-3,5-6,11,13H,4,7H2,1H3. The van der Waals surface area contributed by atoms with Crippen LogP contribution in [0.5, 0.6) is 0 Å². The molecule has 0 fully saturated rings. The van der Waals surface area contributed by atoms with Crippen molar-refractivity contribution in [3.05, 3.63) is 40.4 Å². The van der Waals surface area contributed by atoms with Crippen LogP contribution in [-0.2, 0) is 4.79 Å². The molecule has 6 heteroatoms. The predicted molar refractivity (Wildman–Crippen MR) is 79.2 cm³/mol. The van der Waals surface area contributed by atoms with Crippen molar-refractivity contribution in [2.45, 2.75) is 24.6 Å². The molecule has 20 heavy (non-hydrogen) atoms. The van der Waals surface area contributed by atoms with Crippen molar-refractivity contribution in [1.82, 2.24) is 4.90 Å². The Kier molecular flexibility index (Phi) is 4.81. The van der Waals surface area contributed by atoms with Crippen LogP contribution in [0.15, 0.2) is 24.3 Å². The maximum Gasteiger partial charge on any atom is 0.256 e. The smallest absolute Gasteiger partial charge is 0.256 e. The first-order chi connectivity index (χ1) is 9.40. The van der Waals surface area contributed by atoms with Gasteiger partial charge in [0, 0.05) is 16.3 Å². The lowest BCUT2D eigenvalue weighted by molar-refractivity contribution is -0.129. The summed E-state index contributed by atoms with van der Waals surface area (Å²) in [6.45, 7) is 1.24. The summed E-state index contributed by atoms with van der Waals surface area (Å²) in [5.74, 6) is -0.336. The molecule has 1 unspecified atom stereocenters. The van der Waals surface area contributed by atoms with Crippen LogP contribution in [0.1, 0.15) is 17.5 Å². The quantitative estimate of drug-likeness (QED) is 0.734. The average molecular weight is 365 g/mol. The number of carbonyl (C=O) groups excluding carboxylic acids is 1. The van der Waals surface area contributed by atoms with Gasteiger partial charge in [-0.25, -0.2) is 8.78 Å². The molecule has 108 valence electrons. The summed E-state index contributed by atoms with van der Waals surface area (Å²) >= 11 is 9.11. The lowest BCUT2D eigenvalue weighted by Gasteiger charge is -2.31. The van der Waals surface area contributed by atoms with E-state index in [2.05, 4.69) is 15.9 Å². The Morgan fingerprint density at radius 1 is 1.50 bits per heavy atom. The van der Waals surface area contributed by atoms with Crippen molar-refractivity contribution < 1.29 is 13.6 Å². The van der Waals surface area contributed by atoms with E-state index in [4.69, 9.17) is 11.6 Å². The van der Waals surface area contributed by atoms with Gasteiger partial charge < -0.3 is 4.90 Å². The molecule has 0 aromatic heterocycles. The Balaban J connectivity index is 2.43. The monoisotopic (exact) mass is 363 g/mol. The fourth-order valence-electron chi connectivity index (χ4n) is 2.21. The third kappa shape index (κ3) is 3.20. The van der Waals surface area contributed by atoms with Crippen LogP contribution in [0, 0.1) is 6.92 Å². The van der Waals surface area contributed by atoms with E-state index in [0.29, 0.717) is 17.1 Å². The zero-order valence-electron chi connectivity index (χ0n) is 10.7. The van der Waals surface area contributed by atoms with Crippen LogP contribution in [-0.4, -0.2) is 28.6 Å². The number of hydrogen-bond donors (Lipinski definition) is 0. The van der Waals surface area contributed by atoms with Crippen molar-refractivity contribution in [3.8, 4) is 0 Å². The van der Waals surface area contributed by atoms with Crippen molar-refractivity contribution in [1.29, 1.82) is 0 Å². The van der Waals surface area contributed by atoms with E-state index in [0.717, 1.165) is 16.0 Å². The number of amides is 1. The number of carbonyl (C=O) groups is 1. The minimum atomic E-state index is -2.58.